The molecule has 2 rings (SSSR count). The molecule has 3 N–H and O–H groups in total. The molecule has 1 aromatic carbocycles. The Hall–Kier alpha value is -2.83. The van der Waals surface area contributed by atoms with Crippen molar-refractivity contribution in [2.45, 2.75) is 0 Å². The summed E-state index contributed by atoms with van der Waals surface area (Å²) >= 11 is 0. The van der Waals surface area contributed by atoms with Crippen molar-refractivity contribution in [1.29, 1.82) is 0 Å². The highest BCUT2D eigenvalue weighted by atomic mass is 16.5. The first-order valence-corrected chi connectivity index (χ1v) is 6.38. The molecule has 21 heavy (non-hydrogen) atoms. The Kier molecular flexibility index (Phi) is 4.92. The maximum absolute atomic E-state index is 10.3. The maximum atomic E-state index is 10.3. The number of hydrogen-bond donors (Lipinski definition) is 3. The van der Waals surface area contributed by atoms with Gasteiger partial charge in [-0.1, -0.05) is 12.1 Å². The Bertz CT molecular complexity index is 619. The summed E-state index contributed by atoms with van der Waals surface area (Å²) in [4.78, 5) is 19.0. The number of para-hydroxylation sites is 1. The summed E-state index contributed by atoms with van der Waals surface area (Å²) in [6.07, 6.45) is 0.594. The molecule has 0 spiro atoms. The summed E-state index contributed by atoms with van der Waals surface area (Å²) in [6, 6.07) is 9.21. The molecule has 0 aliphatic heterocycles. The van der Waals surface area contributed by atoms with Gasteiger partial charge < -0.3 is 20.5 Å². The van der Waals surface area contributed by atoms with Gasteiger partial charge in [-0.15, -0.1) is 0 Å². The molecule has 0 aliphatic carbocycles. The van der Waals surface area contributed by atoms with Crippen molar-refractivity contribution in [1.82, 2.24) is 15.3 Å². The molecule has 0 bridgehead atoms. The monoisotopic (exact) mass is 288 g/mol. The molecule has 0 unspecified atom stereocenters. The van der Waals surface area contributed by atoms with E-state index in [-0.39, 0.29) is 0 Å². The molecule has 1 heterocycles. The molecule has 0 saturated carbocycles. The summed E-state index contributed by atoms with van der Waals surface area (Å²) in [7, 11) is 1.60. The molecule has 7 nitrogen and oxygen atoms in total. The smallest absolute Gasteiger partial charge is 0.404 e. The van der Waals surface area contributed by atoms with Crippen LogP contribution in [-0.2, 0) is 0 Å². The van der Waals surface area contributed by atoms with Gasteiger partial charge in [-0.2, -0.15) is 0 Å². The largest absolute Gasteiger partial charge is 0.496 e. The number of carbonyl (C=O) groups is 1. The zero-order chi connectivity index (χ0) is 15.1. The first kappa shape index (κ1) is 14.6. The van der Waals surface area contributed by atoms with Crippen LogP contribution in [-0.4, -0.2) is 41.4 Å². The van der Waals surface area contributed by atoms with E-state index in [1.807, 2.05) is 24.3 Å². The molecular weight excluding hydrogens is 272 g/mol. The van der Waals surface area contributed by atoms with Crippen molar-refractivity contribution in [3.05, 3.63) is 36.5 Å². The minimum absolute atomic E-state index is 0.295. The lowest BCUT2D eigenvalue weighted by atomic mass is 10.2. The number of benzene rings is 1. The molecule has 1 amide bonds. The lowest BCUT2D eigenvalue weighted by molar-refractivity contribution is 0.195. The van der Waals surface area contributed by atoms with Crippen molar-refractivity contribution in [2.24, 2.45) is 0 Å². The van der Waals surface area contributed by atoms with Crippen LogP contribution in [0, 0.1) is 0 Å². The first-order valence-electron chi connectivity index (χ1n) is 6.38. The van der Waals surface area contributed by atoms with Gasteiger partial charge in [-0.05, 0) is 18.2 Å². The van der Waals surface area contributed by atoms with Gasteiger partial charge in [-0.3, -0.25) is 0 Å². The highest BCUT2D eigenvalue weighted by Crippen LogP contribution is 2.26. The van der Waals surface area contributed by atoms with Gasteiger partial charge in [0.05, 0.1) is 12.7 Å². The van der Waals surface area contributed by atoms with Crippen LogP contribution in [0.2, 0.25) is 0 Å². The second-order valence-corrected chi connectivity index (χ2v) is 4.12. The maximum Gasteiger partial charge on any atom is 0.404 e. The van der Waals surface area contributed by atoms with Crippen LogP contribution in [0.3, 0.4) is 0 Å². The minimum atomic E-state index is -1.05. The lowest BCUT2D eigenvalue weighted by Crippen LogP contribution is -2.27. The van der Waals surface area contributed by atoms with E-state index in [2.05, 4.69) is 20.6 Å². The van der Waals surface area contributed by atoms with E-state index in [0.29, 0.717) is 30.5 Å². The normalized spacial score (nSPS) is 9.95. The van der Waals surface area contributed by atoms with Crippen LogP contribution in [0.25, 0.3) is 11.4 Å². The average molecular weight is 288 g/mol. The number of carboxylic acid groups (broad SMARTS) is 1. The summed E-state index contributed by atoms with van der Waals surface area (Å²) in [6.45, 7) is 0.734. The third kappa shape index (κ3) is 4.07. The Morgan fingerprint density at radius 2 is 2.10 bits per heavy atom. The summed E-state index contributed by atoms with van der Waals surface area (Å²) < 4.78 is 5.29. The summed E-state index contributed by atoms with van der Waals surface area (Å²) in [5, 5.41) is 13.8. The highest BCUT2D eigenvalue weighted by molar-refractivity contribution is 5.65. The number of nitrogens with zero attached hydrogens (tertiary/aromatic N) is 2. The number of methoxy groups -OCH3 is 1. The number of anilines is 1. The van der Waals surface area contributed by atoms with Gasteiger partial charge in [0, 0.05) is 19.3 Å². The van der Waals surface area contributed by atoms with Crippen LogP contribution in [0.5, 0.6) is 5.75 Å². The van der Waals surface area contributed by atoms with Gasteiger partial charge in [-0.25, -0.2) is 14.8 Å². The standard InChI is InChI=1S/C14H16N4O3/c1-21-11-5-3-2-4-10(11)13-16-7-6-12(18-13)15-8-9-17-14(19)20/h2-7,17H,8-9H2,1H3,(H,19,20)(H,15,16,18). The van der Waals surface area contributed by atoms with Crippen molar-refractivity contribution < 1.29 is 14.6 Å². The Balaban J connectivity index is 2.08. The highest BCUT2D eigenvalue weighted by Gasteiger charge is 2.08. The van der Waals surface area contributed by atoms with Crippen molar-refractivity contribution in [3.8, 4) is 17.1 Å². The van der Waals surface area contributed by atoms with Crippen LogP contribution in [0.4, 0.5) is 10.6 Å². The van der Waals surface area contributed by atoms with Crippen LogP contribution in [0.1, 0.15) is 0 Å². The number of hydrogen-bond acceptors (Lipinski definition) is 5. The van der Waals surface area contributed by atoms with Gasteiger partial charge >= 0.3 is 6.09 Å². The fourth-order valence-corrected chi connectivity index (χ4v) is 1.78. The molecular formula is C14H16N4O3. The SMILES string of the molecule is COc1ccccc1-c1nccc(NCCNC(=O)O)n1. The Labute approximate surface area is 122 Å². The summed E-state index contributed by atoms with van der Waals surface area (Å²) in [5.41, 5.74) is 0.798. The third-order valence-corrected chi connectivity index (χ3v) is 2.71. The van der Waals surface area contributed by atoms with Crippen molar-refractivity contribution in [2.75, 3.05) is 25.5 Å². The minimum Gasteiger partial charge on any atom is -0.496 e. The molecule has 7 heteroatoms. The van der Waals surface area contributed by atoms with E-state index in [0.717, 1.165) is 5.56 Å². The van der Waals surface area contributed by atoms with Gasteiger partial charge in [0.2, 0.25) is 0 Å². The number of nitrogens with one attached hydrogen (secondary N) is 2. The second-order valence-electron chi connectivity index (χ2n) is 4.12. The van der Waals surface area contributed by atoms with Crippen LogP contribution < -0.4 is 15.4 Å². The van der Waals surface area contributed by atoms with Crippen LogP contribution >= 0.6 is 0 Å². The predicted molar refractivity (Wildman–Crippen MR) is 78.5 cm³/mol. The third-order valence-electron chi connectivity index (χ3n) is 2.71. The molecule has 0 atom stereocenters. The molecule has 2 aromatic rings. The lowest BCUT2D eigenvalue weighted by Gasteiger charge is -2.09. The molecule has 0 saturated heterocycles. The zero-order valence-corrected chi connectivity index (χ0v) is 11.5. The van der Waals surface area contributed by atoms with Gasteiger partial charge in [0.25, 0.3) is 0 Å². The first-order chi connectivity index (χ1) is 10.2. The predicted octanol–water partition coefficient (Wildman–Crippen LogP) is 1.83. The molecule has 110 valence electrons. The topological polar surface area (TPSA) is 96.4 Å². The average Bonchev–Trinajstić information content (AvgIpc) is 2.51. The second kappa shape index (κ2) is 7.09. The van der Waals surface area contributed by atoms with E-state index in [4.69, 9.17) is 9.84 Å². The van der Waals surface area contributed by atoms with E-state index >= 15 is 0 Å². The van der Waals surface area contributed by atoms with Gasteiger partial charge in [0.1, 0.15) is 11.6 Å². The molecule has 0 fully saturated rings. The molecule has 1 aromatic heterocycles. The van der Waals surface area contributed by atoms with E-state index < -0.39 is 6.09 Å². The van der Waals surface area contributed by atoms with Crippen LogP contribution in [0.15, 0.2) is 36.5 Å². The molecule has 0 radical (unpaired) electrons. The van der Waals surface area contributed by atoms with Gasteiger partial charge in [0.15, 0.2) is 5.82 Å². The number of amides is 1. The Morgan fingerprint density at radius 1 is 1.29 bits per heavy atom. The van der Waals surface area contributed by atoms with Crippen molar-refractivity contribution >= 4 is 11.9 Å². The number of ether oxygens (including phenoxy) is 1. The summed E-state index contributed by atoms with van der Waals surface area (Å²) in [5.74, 6) is 1.86. The quantitative estimate of drug-likeness (QED) is 0.702. The fraction of sp³-hybridized carbons (Fsp3) is 0.214. The zero-order valence-electron chi connectivity index (χ0n) is 11.5. The van der Waals surface area contributed by atoms with Crippen molar-refractivity contribution in [3.63, 3.8) is 0 Å². The number of rotatable bonds is 6. The van der Waals surface area contributed by atoms with E-state index in [9.17, 15) is 4.79 Å². The Morgan fingerprint density at radius 3 is 2.86 bits per heavy atom. The fourth-order valence-electron chi connectivity index (χ4n) is 1.78. The van der Waals surface area contributed by atoms with E-state index in [1.54, 1.807) is 19.4 Å². The van der Waals surface area contributed by atoms with E-state index in [1.165, 1.54) is 0 Å². The molecule has 0 aliphatic rings. The number of aromatic nitrogens is 2.